The van der Waals surface area contributed by atoms with E-state index in [-0.39, 0.29) is 6.04 Å². The minimum absolute atomic E-state index is 0.00269. The van der Waals surface area contributed by atoms with E-state index < -0.39 is 11.6 Å². The molecule has 0 radical (unpaired) electrons. The number of aryl methyl sites for hydroxylation is 1. The van der Waals surface area contributed by atoms with Gasteiger partial charge in [0.2, 0.25) is 0 Å². The molecule has 3 aliphatic rings. The molecule has 2 aromatic carbocycles. The number of anilines is 3. The standard InChI is InChI=1S/C31H38F2N6O/c1-20(27-4-3-26(39-10-8-34-9-11-39)19-30(27)36-25-6-12-40-13-7-25)35-31-28-17-21(2-5-29(28)37-38-31)14-22-15-23(32)18-24(33)16-22/h3-4,15-20,25,34,36H,2,5-14H2,1H3,(H2,35,37,38). The van der Waals surface area contributed by atoms with Crippen molar-refractivity contribution in [2.75, 3.05) is 54.9 Å². The molecule has 9 heteroatoms. The smallest absolute Gasteiger partial charge is 0.155 e. The maximum atomic E-state index is 13.8. The van der Waals surface area contributed by atoms with E-state index in [1.807, 2.05) is 0 Å². The number of rotatable bonds is 8. The van der Waals surface area contributed by atoms with E-state index in [1.165, 1.54) is 23.4 Å². The second-order valence-electron chi connectivity index (χ2n) is 11.1. The van der Waals surface area contributed by atoms with Gasteiger partial charge in [0, 0.05) is 74.1 Å². The quantitative estimate of drug-likeness (QED) is 0.301. The van der Waals surface area contributed by atoms with Crippen LogP contribution in [0.2, 0.25) is 0 Å². The van der Waals surface area contributed by atoms with Gasteiger partial charge in [-0.25, -0.2) is 8.78 Å². The molecule has 0 spiro atoms. The molecular weight excluding hydrogens is 510 g/mol. The van der Waals surface area contributed by atoms with Gasteiger partial charge in [-0.05, 0) is 80.5 Å². The highest BCUT2D eigenvalue weighted by Crippen LogP contribution is 2.35. The lowest BCUT2D eigenvalue weighted by molar-refractivity contribution is 0.0904. The summed E-state index contributed by atoms with van der Waals surface area (Å²) in [6, 6.07) is 10.9. The van der Waals surface area contributed by atoms with Gasteiger partial charge >= 0.3 is 0 Å². The largest absolute Gasteiger partial charge is 0.382 e. The summed E-state index contributed by atoms with van der Waals surface area (Å²) in [5.74, 6) is -0.284. The van der Waals surface area contributed by atoms with Crippen LogP contribution in [0, 0.1) is 11.6 Å². The number of hydrogen-bond donors (Lipinski definition) is 4. The molecule has 2 fully saturated rings. The summed E-state index contributed by atoms with van der Waals surface area (Å²) >= 11 is 0. The number of piperazine rings is 1. The topological polar surface area (TPSA) is 77.2 Å². The Morgan fingerprint density at radius 1 is 1.05 bits per heavy atom. The second-order valence-corrected chi connectivity index (χ2v) is 11.1. The average molecular weight is 549 g/mol. The number of ether oxygens (including phenoxy) is 1. The summed E-state index contributed by atoms with van der Waals surface area (Å²) in [6.07, 6.45) is 6.27. The summed E-state index contributed by atoms with van der Waals surface area (Å²) in [5.41, 5.74) is 7.48. The Morgan fingerprint density at radius 3 is 2.60 bits per heavy atom. The molecule has 2 saturated heterocycles. The Kier molecular flexibility index (Phi) is 8.02. The Balaban J connectivity index is 1.23. The van der Waals surface area contributed by atoms with Crippen LogP contribution in [0.3, 0.4) is 0 Å². The third-order valence-electron chi connectivity index (χ3n) is 8.20. The highest BCUT2D eigenvalue weighted by Gasteiger charge is 2.23. The number of aromatic nitrogens is 2. The van der Waals surface area contributed by atoms with E-state index in [0.717, 1.165) is 99.5 Å². The molecule has 1 aliphatic carbocycles. The van der Waals surface area contributed by atoms with Crippen molar-refractivity contribution in [3.63, 3.8) is 0 Å². The van der Waals surface area contributed by atoms with E-state index in [1.54, 1.807) is 0 Å². The SMILES string of the molecule is CC(Nc1n[nH]c2c1C=C(Cc1cc(F)cc(F)c1)CC2)c1ccc(N2CCNCC2)cc1NC1CCOCC1. The highest BCUT2D eigenvalue weighted by molar-refractivity contribution is 5.71. The molecular formula is C31H38F2N6O. The lowest BCUT2D eigenvalue weighted by Crippen LogP contribution is -2.43. The minimum atomic E-state index is -0.542. The van der Waals surface area contributed by atoms with E-state index in [0.29, 0.717) is 18.0 Å². The predicted octanol–water partition coefficient (Wildman–Crippen LogP) is 5.43. The first-order valence-electron chi connectivity index (χ1n) is 14.4. The third-order valence-corrected chi connectivity index (χ3v) is 8.20. The Labute approximate surface area is 234 Å². The van der Waals surface area contributed by atoms with Gasteiger partial charge in [-0.3, -0.25) is 5.10 Å². The summed E-state index contributed by atoms with van der Waals surface area (Å²) in [7, 11) is 0. The summed E-state index contributed by atoms with van der Waals surface area (Å²) < 4.78 is 33.1. The van der Waals surface area contributed by atoms with Crippen molar-refractivity contribution in [2.24, 2.45) is 0 Å². The van der Waals surface area contributed by atoms with Gasteiger partial charge in [-0.15, -0.1) is 0 Å². The van der Waals surface area contributed by atoms with Crippen LogP contribution in [0.4, 0.5) is 26.0 Å². The highest BCUT2D eigenvalue weighted by atomic mass is 19.1. The maximum absolute atomic E-state index is 13.8. The summed E-state index contributed by atoms with van der Waals surface area (Å²) in [4.78, 5) is 2.44. The van der Waals surface area contributed by atoms with Gasteiger partial charge in [0.15, 0.2) is 5.82 Å². The number of nitrogens with zero attached hydrogens (tertiary/aromatic N) is 2. The molecule has 4 N–H and O–H groups in total. The zero-order valence-corrected chi connectivity index (χ0v) is 23.0. The third kappa shape index (κ3) is 6.15. The van der Waals surface area contributed by atoms with Crippen LogP contribution in [-0.2, 0) is 17.6 Å². The number of H-pyrrole nitrogens is 1. The van der Waals surface area contributed by atoms with Crippen LogP contribution < -0.4 is 20.9 Å². The van der Waals surface area contributed by atoms with Crippen molar-refractivity contribution in [3.8, 4) is 0 Å². The number of halogens is 2. The van der Waals surface area contributed by atoms with Gasteiger partial charge in [-0.2, -0.15) is 5.10 Å². The van der Waals surface area contributed by atoms with Crippen molar-refractivity contribution in [2.45, 2.75) is 51.1 Å². The van der Waals surface area contributed by atoms with Crippen LogP contribution in [0.15, 0.2) is 42.0 Å². The van der Waals surface area contributed by atoms with Crippen LogP contribution in [-0.4, -0.2) is 55.6 Å². The molecule has 3 aromatic rings. The number of nitrogens with one attached hydrogen (secondary N) is 4. The van der Waals surface area contributed by atoms with Crippen LogP contribution in [0.5, 0.6) is 0 Å². The van der Waals surface area contributed by atoms with Crippen LogP contribution in [0.1, 0.15) is 54.6 Å². The van der Waals surface area contributed by atoms with Crippen molar-refractivity contribution >= 4 is 23.3 Å². The molecule has 3 heterocycles. The molecule has 212 valence electrons. The van der Waals surface area contributed by atoms with Crippen molar-refractivity contribution in [1.29, 1.82) is 0 Å². The molecule has 1 unspecified atom stereocenters. The number of benzene rings is 2. The first kappa shape index (κ1) is 26.8. The van der Waals surface area contributed by atoms with Crippen molar-refractivity contribution in [3.05, 3.63) is 76.0 Å². The second kappa shape index (κ2) is 12.0. The number of fused-ring (bicyclic) bond motifs is 1. The molecule has 7 nitrogen and oxygen atoms in total. The van der Waals surface area contributed by atoms with E-state index >= 15 is 0 Å². The van der Waals surface area contributed by atoms with Gasteiger partial charge in [-0.1, -0.05) is 11.6 Å². The lowest BCUT2D eigenvalue weighted by Gasteiger charge is -2.32. The fraction of sp³-hybridized carbons (Fsp3) is 0.452. The molecule has 6 rings (SSSR count). The summed E-state index contributed by atoms with van der Waals surface area (Å²) in [6.45, 7) is 7.73. The predicted molar refractivity (Wildman–Crippen MR) is 156 cm³/mol. The molecule has 0 bridgehead atoms. The van der Waals surface area contributed by atoms with Gasteiger partial charge in [0.05, 0.1) is 6.04 Å². The fourth-order valence-corrected chi connectivity index (χ4v) is 6.03. The number of allylic oxidation sites excluding steroid dienone is 1. The van der Waals surface area contributed by atoms with Gasteiger partial charge < -0.3 is 25.6 Å². The zero-order chi connectivity index (χ0) is 27.5. The van der Waals surface area contributed by atoms with Crippen LogP contribution in [0.25, 0.3) is 6.08 Å². The van der Waals surface area contributed by atoms with E-state index in [2.05, 4.69) is 62.2 Å². The molecule has 2 aliphatic heterocycles. The molecule has 0 amide bonds. The Bertz CT molecular complexity index is 1340. The fourth-order valence-electron chi connectivity index (χ4n) is 6.03. The van der Waals surface area contributed by atoms with E-state index in [4.69, 9.17) is 4.74 Å². The Hall–Kier alpha value is -3.43. The first-order valence-corrected chi connectivity index (χ1v) is 14.4. The van der Waals surface area contributed by atoms with Gasteiger partial charge in [0.1, 0.15) is 11.6 Å². The van der Waals surface area contributed by atoms with Crippen LogP contribution >= 0.6 is 0 Å². The molecule has 0 saturated carbocycles. The average Bonchev–Trinajstić information content (AvgIpc) is 3.35. The van der Waals surface area contributed by atoms with E-state index in [9.17, 15) is 8.78 Å². The molecule has 40 heavy (non-hydrogen) atoms. The normalized spacial score (nSPS) is 18.7. The lowest BCUT2D eigenvalue weighted by atomic mass is 9.92. The summed E-state index contributed by atoms with van der Waals surface area (Å²) in [5, 5.41) is 18.7. The first-order chi connectivity index (χ1) is 19.5. The zero-order valence-electron chi connectivity index (χ0n) is 23.0. The van der Waals surface area contributed by atoms with Crippen molar-refractivity contribution in [1.82, 2.24) is 15.5 Å². The maximum Gasteiger partial charge on any atom is 0.155 e. The molecule has 1 atom stereocenters. The van der Waals surface area contributed by atoms with Crippen molar-refractivity contribution < 1.29 is 13.5 Å². The number of hydrogen-bond acceptors (Lipinski definition) is 6. The number of aromatic amines is 1. The minimum Gasteiger partial charge on any atom is -0.382 e. The Morgan fingerprint density at radius 2 is 1.82 bits per heavy atom. The molecule has 1 aromatic heterocycles. The van der Waals surface area contributed by atoms with Gasteiger partial charge in [0.25, 0.3) is 0 Å². The monoisotopic (exact) mass is 548 g/mol.